The summed E-state index contributed by atoms with van der Waals surface area (Å²) >= 11 is 0. The van der Waals surface area contributed by atoms with Gasteiger partial charge in [0.25, 0.3) is 0 Å². The van der Waals surface area contributed by atoms with Gasteiger partial charge in [-0.2, -0.15) is 0 Å². The fraction of sp³-hybridized carbons (Fsp3) is 0.698. The smallest absolute Gasteiger partial charge is 0.338 e. The number of aliphatic hydroxyl groups excluding tert-OH is 1. The molecule has 0 unspecified atom stereocenters. The van der Waals surface area contributed by atoms with E-state index in [0.717, 1.165) is 11.1 Å². The molecule has 13 atom stereocenters. The average Bonchev–Trinajstić information content (AvgIpc) is 3.34. The number of aliphatic hydroxyl groups is 2. The van der Waals surface area contributed by atoms with Gasteiger partial charge >= 0.3 is 17.9 Å². The van der Waals surface area contributed by atoms with Gasteiger partial charge in [-0.15, -0.1) is 0 Å². The van der Waals surface area contributed by atoms with Gasteiger partial charge in [0.1, 0.15) is 18.3 Å². The highest BCUT2D eigenvalue weighted by molar-refractivity contribution is 5.89. The monoisotopic (exact) mass is 752 g/mol. The van der Waals surface area contributed by atoms with Crippen molar-refractivity contribution in [2.45, 2.75) is 150 Å². The lowest BCUT2D eigenvalue weighted by Gasteiger charge is -2.67. The molecule has 0 spiro atoms. The number of benzene rings is 1. The normalized spacial score (nSPS) is 38.1. The molecule has 0 amide bonds. The zero-order chi connectivity index (χ0) is 39.7. The number of carbonyl (C=O) groups is 3. The zero-order valence-electron chi connectivity index (χ0n) is 33.7. The van der Waals surface area contributed by atoms with Crippen molar-refractivity contribution in [1.29, 1.82) is 0 Å². The van der Waals surface area contributed by atoms with E-state index in [9.17, 15) is 24.6 Å². The average molecular weight is 753 g/mol. The summed E-state index contributed by atoms with van der Waals surface area (Å²) < 4.78 is 39.4. The van der Waals surface area contributed by atoms with E-state index in [-0.39, 0.29) is 24.9 Å². The maximum Gasteiger partial charge on any atom is 0.338 e. The quantitative estimate of drug-likeness (QED) is 0.163. The lowest BCUT2D eigenvalue weighted by Crippen LogP contribution is -2.80. The number of ether oxygens (including phenoxy) is 6. The molecule has 11 nitrogen and oxygen atoms in total. The van der Waals surface area contributed by atoms with Crippen molar-refractivity contribution in [3.63, 3.8) is 0 Å². The van der Waals surface area contributed by atoms with Gasteiger partial charge in [-0.05, 0) is 82.2 Å². The molecule has 2 heterocycles. The van der Waals surface area contributed by atoms with Crippen molar-refractivity contribution in [1.82, 2.24) is 0 Å². The van der Waals surface area contributed by atoms with E-state index >= 15 is 0 Å². The van der Waals surface area contributed by atoms with Crippen LogP contribution in [0.3, 0.4) is 0 Å². The Morgan fingerprint density at radius 2 is 1.70 bits per heavy atom. The van der Waals surface area contributed by atoms with Crippen LogP contribution >= 0.6 is 0 Å². The van der Waals surface area contributed by atoms with Crippen molar-refractivity contribution in [2.75, 3.05) is 6.61 Å². The second kappa shape index (κ2) is 14.4. The molecule has 2 N–H and O–H groups in total. The van der Waals surface area contributed by atoms with Gasteiger partial charge in [-0.3, -0.25) is 4.79 Å². The maximum atomic E-state index is 14.4. The Morgan fingerprint density at radius 3 is 2.26 bits per heavy atom. The molecule has 1 aromatic rings. The van der Waals surface area contributed by atoms with Crippen LogP contribution in [0.2, 0.25) is 0 Å². The molecular formula is C43H60O11. The Morgan fingerprint density at radius 1 is 1.04 bits per heavy atom. The molecule has 2 aliphatic heterocycles. The summed E-state index contributed by atoms with van der Waals surface area (Å²) in [6.45, 7) is 20.6. The van der Waals surface area contributed by atoms with Crippen LogP contribution in [-0.2, 0) is 38.0 Å². The van der Waals surface area contributed by atoms with Gasteiger partial charge in [-0.25, -0.2) is 9.59 Å². The topological polar surface area (TPSA) is 147 Å². The van der Waals surface area contributed by atoms with E-state index in [0.29, 0.717) is 24.0 Å². The SMILES string of the molecule is CC(=O)O[C@@]12CO[C@@H]1C[C@@H]1O[C@H](C=C(C)C)O[C@H]3[C@@H](C)C4=C(C)[C@@H](OC(=O)[C@H](O)[C@@H](C)CC(C)C)C[C@@]4(C(C)(C)O)[C@@H](OC(=O)c4ccccc4)[C@H]2[C@@]13C. The molecule has 0 aromatic heterocycles. The van der Waals surface area contributed by atoms with Gasteiger partial charge in [0.15, 0.2) is 18.0 Å². The lowest BCUT2D eigenvalue weighted by atomic mass is 9.49. The molecule has 298 valence electrons. The third-order valence-corrected chi connectivity index (χ3v) is 13.2. The van der Waals surface area contributed by atoms with Gasteiger partial charge in [0.2, 0.25) is 0 Å². The van der Waals surface area contributed by atoms with Gasteiger partial charge in [-0.1, -0.05) is 58.4 Å². The van der Waals surface area contributed by atoms with Gasteiger partial charge in [0, 0.05) is 31.1 Å². The number of hydrogen-bond acceptors (Lipinski definition) is 11. The van der Waals surface area contributed by atoms with Crippen LogP contribution in [0.1, 0.15) is 106 Å². The number of allylic oxidation sites excluding steroid dienone is 1. The van der Waals surface area contributed by atoms with Crippen LogP contribution < -0.4 is 0 Å². The highest BCUT2D eigenvalue weighted by atomic mass is 16.7. The first-order chi connectivity index (χ1) is 25.2. The second-order valence-electron chi connectivity index (χ2n) is 18.0. The minimum absolute atomic E-state index is 0.0374. The van der Waals surface area contributed by atoms with E-state index in [1.54, 1.807) is 38.1 Å². The molecular weight excluding hydrogens is 692 g/mol. The van der Waals surface area contributed by atoms with Crippen LogP contribution in [0.15, 0.2) is 53.1 Å². The number of hydrogen-bond donors (Lipinski definition) is 2. The molecule has 2 saturated heterocycles. The summed E-state index contributed by atoms with van der Waals surface area (Å²) in [5, 5.41) is 23.9. The molecule has 0 radical (unpaired) electrons. The second-order valence-corrected chi connectivity index (χ2v) is 18.0. The number of carbonyl (C=O) groups excluding carboxylic acids is 3. The molecule has 3 aliphatic carbocycles. The number of esters is 3. The van der Waals surface area contributed by atoms with Crippen LogP contribution in [0.5, 0.6) is 0 Å². The van der Waals surface area contributed by atoms with E-state index in [4.69, 9.17) is 28.4 Å². The Labute approximate surface area is 319 Å². The van der Waals surface area contributed by atoms with Crippen LogP contribution in [-0.4, -0.2) is 88.8 Å². The van der Waals surface area contributed by atoms with E-state index in [2.05, 4.69) is 6.92 Å². The van der Waals surface area contributed by atoms with Crippen molar-refractivity contribution >= 4 is 17.9 Å². The zero-order valence-corrected chi connectivity index (χ0v) is 33.7. The van der Waals surface area contributed by atoms with Crippen molar-refractivity contribution in [3.05, 3.63) is 58.7 Å². The first-order valence-electron chi connectivity index (χ1n) is 19.5. The fourth-order valence-corrected chi connectivity index (χ4v) is 11.0. The molecule has 6 rings (SSSR count). The lowest BCUT2D eigenvalue weighted by molar-refractivity contribution is -0.391. The van der Waals surface area contributed by atoms with Crippen LogP contribution in [0.4, 0.5) is 0 Å². The van der Waals surface area contributed by atoms with E-state index in [1.807, 2.05) is 60.6 Å². The Kier molecular flexibility index (Phi) is 10.9. The van der Waals surface area contributed by atoms with Gasteiger partial charge < -0.3 is 38.6 Å². The third-order valence-electron chi connectivity index (χ3n) is 13.2. The largest absolute Gasteiger partial charge is 0.457 e. The van der Waals surface area contributed by atoms with E-state index < -0.39 is 94.7 Å². The summed E-state index contributed by atoms with van der Waals surface area (Å²) in [7, 11) is 0. The molecule has 11 heteroatoms. The minimum atomic E-state index is -1.61. The first kappa shape index (κ1) is 40.6. The molecule has 1 aromatic carbocycles. The molecule has 4 fully saturated rings. The predicted octanol–water partition coefficient (Wildman–Crippen LogP) is 6.10. The predicted molar refractivity (Wildman–Crippen MR) is 199 cm³/mol. The highest BCUT2D eigenvalue weighted by Gasteiger charge is 2.80. The summed E-state index contributed by atoms with van der Waals surface area (Å²) in [4.78, 5) is 41.3. The number of fused-ring (bicyclic) bond motifs is 3. The highest BCUT2D eigenvalue weighted by Crippen LogP contribution is 2.70. The van der Waals surface area contributed by atoms with Crippen LogP contribution in [0.25, 0.3) is 0 Å². The summed E-state index contributed by atoms with van der Waals surface area (Å²) in [6.07, 6.45) is -2.80. The van der Waals surface area contributed by atoms with Crippen LogP contribution in [0, 0.1) is 34.5 Å². The van der Waals surface area contributed by atoms with Crippen molar-refractivity contribution in [2.24, 2.45) is 34.5 Å². The summed E-state index contributed by atoms with van der Waals surface area (Å²) in [6, 6.07) is 8.64. The Balaban J connectivity index is 1.60. The molecule has 5 aliphatic rings. The first-order valence-corrected chi connectivity index (χ1v) is 19.5. The molecule has 54 heavy (non-hydrogen) atoms. The fourth-order valence-electron chi connectivity index (χ4n) is 11.0. The summed E-state index contributed by atoms with van der Waals surface area (Å²) in [5.74, 6) is -3.23. The molecule has 0 bridgehead atoms. The summed E-state index contributed by atoms with van der Waals surface area (Å²) in [5.41, 5.74) is -2.50. The minimum Gasteiger partial charge on any atom is -0.457 e. The standard InChI is InChI=1S/C43H60O11/c1-22(2)17-24(5)34(45)39(47)50-29-20-42(40(9,10)48)33(25(29)6)26(7)36-41(11)30(51-32(52-36)18-23(3)4)19-31-43(21-49-31,54-27(8)44)35(41)37(42)53-38(46)28-15-13-12-14-16-28/h12-16,18,22,24,26,29-32,34-37,45,48H,17,19-21H2,1-11H3/t24-,26-,29-,30-,31+,32-,34+,35-,36-,37-,41+,42-,43-/m0/s1. The molecule has 2 saturated carbocycles. The Bertz CT molecular complexity index is 1670. The van der Waals surface area contributed by atoms with E-state index in [1.165, 1.54) is 6.92 Å². The maximum absolute atomic E-state index is 14.4. The van der Waals surface area contributed by atoms with Gasteiger partial charge in [0.05, 0.1) is 41.3 Å². The van der Waals surface area contributed by atoms with Crippen molar-refractivity contribution < 1.29 is 53.0 Å². The Hall–Kier alpha value is -3.09. The van der Waals surface area contributed by atoms with Crippen molar-refractivity contribution in [3.8, 4) is 0 Å². The number of rotatable bonds is 10. The third kappa shape index (κ3) is 6.45.